The van der Waals surface area contributed by atoms with Gasteiger partial charge in [-0.05, 0) is 46.1 Å². The van der Waals surface area contributed by atoms with Gasteiger partial charge in [-0.25, -0.2) is 4.39 Å². The van der Waals surface area contributed by atoms with E-state index in [0.29, 0.717) is 27.6 Å². The highest BCUT2D eigenvalue weighted by Gasteiger charge is 2.17. The first-order chi connectivity index (χ1) is 11.2. The maximum Gasteiger partial charge on any atom is 0.200 e. The molecule has 0 aliphatic rings. The van der Waals surface area contributed by atoms with E-state index in [1.165, 1.54) is 17.8 Å². The van der Waals surface area contributed by atoms with Crippen molar-refractivity contribution in [3.63, 3.8) is 0 Å². The lowest BCUT2D eigenvalue weighted by Crippen LogP contribution is -2.01. The molecule has 0 spiro atoms. The van der Waals surface area contributed by atoms with Gasteiger partial charge in [-0.3, -0.25) is 4.57 Å². The number of benzene rings is 1. The van der Waals surface area contributed by atoms with Crippen molar-refractivity contribution in [2.24, 2.45) is 0 Å². The molecule has 0 aliphatic carbocycles. The smallest absolute Gasteiger partial charge is 0.200 e. The van der Waals surface area contributed by atoms with E-state index in [-0.39, 0.29) is 5.82 Å². The molecule has 0 atom stereocenters. The number of halogens is 2. The van der Waals surface area contributed by atoms with Crippen LogP contribution in [0.3, 0.4) is 0 Å². The Morgan fingerprint density at radius 1 is 1.22 bits per heavy atom. The molecule has 0 unspecified atom stereocenters. The summed E-state index contributed by atoms with van der Waals surface area (Å²) in [5.74, 6) is 1.66. The third kappa shape index (κ3) is 3.67. The minimum absolute atomic E-state index is 0.197. The van der Waals surface area contributed by atoms with E-state index in [9.17, 15) is 4.39 Å². The van der Waals surface area contributed by atoms with E-state index < -0.39 is 0 Å². The molecule has 0 amide bonds. The van der Waals surface area contributed by atoms with Gasteiger partial charge in [-0.1, -0.05) is 36.9 Å². The lowest BCUT2D eigenvalue weighted by Gasteiger charge is -2.07. The number of rotatable bonds is 6. The molecule has 0 saturated heterocycles. The number of furan rings is 1. The molecule has 2 aromatic heterocycles. The third-order valence-corrected chi connectivity index (χ3v) is 4.71. The van der Waals surface area contributed by atoms with E-state index in [0.717, 1.165) is 18.1 Å². The van der Waals surface area contributed by atoms with Crippen molar-refractivity contribution in [3.8, 4) is 11.6 Å². The van der Waals surface area contributed by atoms with Crippen LogP contribution in [0.25, 0.3) is 11.6 Å². The van der Waals surface area contributed by atoms with Gasteiger partial charge in [-0.2, -0.15) is 0 Å². The number of thioether (sulfide) groups is 1. The van der Waals surface area contributed by atoms with Crippen LogP contribution in [0.2, 0.25) is 0 Å². The lowest BCUT2D eigenvalue weighted by atomic mass is 10.2. The Hall–Kier alpha value is -1.60. The van der Waals surface area contributed by atoms with Gasteiger partial charge < -0.3 is 4.42 Å². The highest BCUT2D eigenvalue weighted by molar-refractivity contribution is 9.10. The fourth-order valence-electron chi connectivity index (χ4n) is 2.20. The second kappa shape index (κ2) is 7.31. The predicted octanol–water partition coefficient (Wildman–Crippen LogP) is 5.14. The molecule has 2 heterocycles. The molecule has 4 nitrogen and oxygen atoms in total. The first-order valence-electron chi connectivity index (χ1n) is 7.24. The molecule has 0 N–H and O–H groups in total. The zero-order valence-corrected chi connectivity index (χ0v) is 14.9. The molecule has 0 aliphatic heterocycles. The molecule has 1 aromatic carbocycles. The number of aromatic nitrogens is 3. The van der Waals surface area contributed by atoms with Gasteiger partial charge in [0.15, 0.2) is 15.6 Å². The van der Waals surface area contributed by atoms with Crippen molar-refractivity contribution in [1.82, 2.24) is 14.8 Å². The Kier molecular flexibility index (Phi) is 5.17. The SMILES string of the molecule is CCCn1c(SCc2ccccc2F)nnc1-c1ccc(Br)o1. The van der Waals surface area contributed by atoms with E-state index in [4.69, 9.17) is 4.42 Å². The zero-order chi connectivity index (χ0) is 16.2. The summed E-state index contributed by atoms with van der Waals surface area (Å²) in [6, 6.07) is 10.5. The maximum atomic E-state index is 13.7. The molecule has 0 fully saturated rings. The number of hydrogen-bond acceptors (Lipinski definition) is 4. The fourth-order valence-corrected chi connectivity index (χ4v) is 3.45. The van der Waals surface area contributed by atoms with Gasteiger partial charge in [0, 0.05) is 12.3 Å². The normalized spacial score (nSPS) is 11.1. The topological polar surface area (TPSA) is 43.9 Å². The van der Waals surface area contributed by atoms with E-state index in [2.05, 4.69) is 33.1 Å². The summed E-state index contributed by atoms with van der Waals surface area (Å²) in [5, 5.41) is 9.24. The highest BCUT2D eigenvalue weighted by Crippen LogP contribution is 2.29. The quantitative estimate of drug-likeness (QED) is 0.541. The van der Waals surface area contributed by atoms with Crippen LogP contribution in [0.4, 0.5) is 4.39 Å². The maximum absolute atomic E-state index is 13.7. The minimum atomic E-state index is -0.197. The Morgan fingerprint density at radius 3 is 2.74 bits per heavy atom. The zero-order valence-electron chi connectivity index (χ0n) is 12.5. The van der Waals surface area contributed by atoms with Crippen LogP contribution < -0.4 is 0 Å². The van der Waals surface area contributed by atoms with Gasteiger partial charge in [-0.15, -0.1) is 10.2 Å². The molecule has 0 bridgehead atoms. The third-order valence-electron chi connectivity index (χ3n) is 3.27. The summed E-state index contributed by atoms with van der Waals surface area (Å²) >= 11 is 4.77. The van der Waals surface area contributed by atoms with Crippen LogP contribution in [0.15, 0.2) is 50.6 Å². The number of nitrogens with zero attached hydrogens (tertiary/aromatic N) is 3. The van der Waals surface area contributed by atoms with Crippen LogP contribution in [-0.4, -0.2) is 14.8 Å². The number of hydrogen-bond donors (Lipinski definition) is 0. The molecular formula is C16H15BrFN3OS. The standard InChI is InChI=1S/C16H15BrFN3OS/c1-2-9-21-15(13-7-8-14(17)22-13)19-20-16(21)23-10-11-5-3-4-6-12(11)18/h3-8H,2,9-10H2,1H3. The first kappa shape index (κ1) is 16.3. The molecule has 0 radical (unpaired) electrons. The van der Waals surface area contributed by atoms with E-state index >= 15 is 0 Å². The molecule has 3 aromatic rings. The van der Waals surface area contributed by atoms with Gasteiger partial charge in [0.2, 0.25) is 5.82 Å². The van der Waals surface area contributed by atoms with Crippen molar-refractivity contribution < 1.29 is 8.81 Å². The molecule has 0 saturated carbocycles. The average Bonchev–Trinajstić information content (AvgIpc) is 3.13. The first-order valence-corrected chi connectivity index (χ1v) is 9.02. The molecule has 120 valence electrons. The van der Waals surface area contributed by atoms with Gasteiger partial charge in [0.1, 0.15) is 5.82 Å². The Balaban J connectivity index is 1.85. The molecule has 23 heavy (non-hydrogen) atoms. The Morgan fingerprint density at radius 2 is 2.04 bits per heavy atom. The van der Waals surface area contributed by atoms with Gasteiger partial charge in [0.25, 0.3) is 0 Å². The summed E-state index contributed by atoms with van der Waals surface area (Å²) in [7, 11) is 0. The largest absolute Gasteiger partial charge is 0.446 e. The predicted molar refractivity (Wildman–Crippen MR) is 91.7 cm³/mol. The minimum Gasteiger partial charge on any atom is -0.446 e. The Bertz CT molecular complexity index is 802. The van der Waals surface area contributed by atoms with Crippen molar-refractivity contribution in [2.45, 2.75) is 30.8 Å². The summed E-state index contributed by atoms with van der Waals surface area (Å²) in [4.78, 5) is 0. The lowest BCUT2D eigenvalue weighted by molar-refractivity contribution is 0.539. The van der Waals surface area contributed by atoms with Gasteiger partial charge in [0.05, 0.1) is 0 Å². The molecule has 3 rings (SSSR count). The monoisotopic (exact) mass is 395 g/mol. The van der Waals surface area contributed by atoms with Crippen LogP contribution in [0.5, 0.6) is 0 Å². The van der Waals surface area contributed by atoms with Gasteiger partial charge >= 0.3 is 0 Å². The van der Waals surface area contributed by atoms with Crippen LogP contribution in [-0.2, 0) is 12.3 Å². The van der Waals surface area contributed by atoms with Crippen molar-refractivity contribution >= 4 is 27.7 Å². The van der Waals surface area contributed by atoms with Crippen molar-refractivity contribution in [1.29, 1.82) is 0 Å². The second-order valence-corrected chi connectivity index (χ2v) is 6.67. The van der Waals surface area contributed by atoms with E-state index in [1.807, 2.05) is 22.8 Å². The molecule has 7 heteroatoms. The van der Waals surface area contributed by atoms with Crippen LogP contribution in [0.1, 0.15) is 18.9 Å². The van der Waals surface area contributed by atoms with E-state index in [1.54, 1.807) is 12.1 Å². The average molecular weight is 396 g/mol. The summed E-state index contributed by atoms with van der Waals surface area (Å²) in [6.45, 7) is 2.87. The van der Waals surface area contributed by atoms with Crippen LogP contribution in [0, 0.1) is 5.82 Å². The van der Waals surface area contributed by atoms with Crippen molar-refractivity contribution in [3.05, 3.63) is 52.4 Å². The fraction of sp³-hybridized carbons (Fsp3) is 0.250. The summed E-state index contributed by atoms with van der Waals surface area (Å²) in [5.41, 5.74) is 0.658. The van der Waals surface area contributed by atoms with Crippen molar-refractivity contribution in [2.75, 3.05) is 0 Å². The highest BCUT2D eigenvalue weighted by atomic mass is 79.9. The van der Waals surface area contributed by atoms with Crippen LogP contribution >= 0.6 is 27.7 Å². The summed E-state index contributed by atoms with van der Waals surface area (Å²) < 4.78 is 22.0. The molecular weight excluding hydrogens is 381 g/mol. The Labute approximate surface area is 146 Å². The second-order valence-electron chi connectivity index (χ2n) is 4.94. The summed E-state index contributed by atoms with van der Waals surface area (Å²) in [6.07, 6.45) is 0.945.